The van der Waals surface area contributed by atoms with Crippen LogP contribution in [0.3, 0.4) is 0 Å². The van der Waals surface area contributed by atoms with Crippen molar-refractivity contribution in [3.63, 3.8) is 0 Å². The first-order valence-corrected chi connectivity index (χ1v) is 8.52. The Morgan fingerprint density at radius 3 is 2.48 bits per heavy atom. The average Bonchev–Trinajstić information content (AvgIpc) is 2.68. The normalized spacial score (nSPS) is 10.0. The maximum Gasteiger partial charge on any atom is 0.338 e. The van der Waals surface area contributed by atoms with Crippen molar-refractivity contribution in [3.05, 3.63) is 59.7 Å². The van der Waals surface area contributed by atoms with E-state index in [-0.39, 0.29) is 31.4 Å². The molecule has 0 spiro atoms. The number of amides is 2. The Morgan fingerprint density at radius 1 is 1.00 bits per heavy atom. The molecule has 0 aliphatic rings. The molecule has 142 valence electrons. The Labute approximate surface area is 157 Å². The van der Waals surface area contributed by atoms with Gasteiger partial charge in [0.2, 0.25) is 5.91 Å². The van der Waals surface area contributed by atoms with Crippen molar-refractivity contribution in [2.24, 2.45) is 0 Å². The third kappa shape index (κ3) is 6.14. The van der Waals surface area contributed by atoms with E-state index in [0.717, 1.165) is 0 Å². The van der Waals surface area contributed by atoms with Gasteiger partial charge in [0.1, 0.15) is 5.75 Å². The van der Waals surface area contributed by atoms with Gasteiger partial charge in [-0.05, 0) is 43.3 Å². The molecule has 0 aliphatic heterocycles. The number of nitrogens with one attached hydrogen (secondary N) is 2. The Kier molecular flexibility index (Phi) is 7.37. The summed E-state index contributed by atoms with van der Waals surface area (Å²) in [5, 5.41) is 5.38. The summed E-state index contributed by atoms with van der Waals surface area (Å²) >= 11 is 0. The van der Waals surface area contributed by atoms with Gasteiger partial charge in [-0.15, -0.1) is 0 Å². The number of esters is 1. The number of methoxy groups -OCH3 is 1. The first-order valence-electron chi connectivity index (χ1n) is 8.52. The summed E-state index contributed by atoms with van der Waals surface area (Å²) in [7, 11) is 1.53. The minimum Gasteiger partial charge on any atom is -0.497 e. The average molecular weight is 370 g/mol. The first-order chi connectivity index (χ1) is 13.0. The monoisotopic (exact) mass is 370 g/mol. The number of carbonyl (C=O) groups is 3. The molecule has 0 aliphatic carbocycles. The van der Waals surface area contributed by atoms with Crippen LogP contribution in [0.1, 0.15) is 34.1 Å². The Hall–Kier alpha value is -3.35. The second kappa shape index (κ2) is 9.96. The summed E-state index contributed by atoms with van der Waals surface area (Å²) in [6.45, 7) is 2.19. The van der Waals surface area contributed by atoms with Gasteiger partial charge in [0.25, 0.3) is 5.91 Å². The zero-order valence-electron chi connectivity index (χ0n) is 15.3. The Morgan fingerprint density at radius 2 is 1.74 bits per heavy atom. The van der Waals surface area contributed by atoms with Gasteiger partial charge in [-0.25, -0.2) is 4.79 Å². The molecule has 7 nitrogen and oxygen atoms in total. The summed E-state index contributed by atoms with van der Waals surface area (Å²) in [5.41, 5.74) is 1.31. The summed E-state index contributed by atoms with van der Waals surface area (Å²) < 4.78 is 10.0. The topological polar surface area (TPSA) is 93.7 Å². The molecule has 2 amide bonds. The molecule has 0 atom stereocenters. The molecule has 0 radical (unpaired) electrons. The lowest BCUT2D eigenvalue weighted by Gasteiger charge is -2.09. The molecule has 0 heterocycles. The largest absolute Gasteiger partial charge is 0.497 e. The summed E-state index contributed by atoms with van der Waals surface area (Å²) in [6.07, 6.45) is 0.0966. The molecular weight excluding hydrogens is 348 g/mol. The minimum absolute atomic E-state index is 0.0966. The molecule has 2 rings (SSSR count). The SMILES string of the molecule is CCOC(=O)c1cccc(NC(=O)CCNC(=O)c2cccc(OC)c2)c1. The number of benzene rings is 2. The van der Waals surface area contributed by atoms with Crippen LogP contribution in [-0.2, 0) is 9.53 Å². The smallest absolute Gasteiger partial charge is 0.338 e. The second-order valence-electron chi connectivity index (χ2n) is 5.59. The van der Waals surface area contributed by atoms with Crippen molar-refractivity contribution in [3.8, 4) is 5.75 Å². The van der Waals surface area contributed by atoms with E-state index >= 15 is 0 Å². The van der Waals surface area contributed by atoms with Crippen LogP contribution in [0.25, 0.3) is 0 Å². The van der Waals surface area contributed by atoms with Crippen molar-refractivity contribution in [1.29, 1.82) is 0 Å². The van der Waals surface area contributed by atoms with E-state index in [1.165, 1.54) is 7.11 Å². The van der Waals surface area contributed by atoms with E-state index in [1.54, 1.807) is 55.5 Å². The van der Waals surface area contributed by atoms with Gasteiger partial charge in [-0.1, -0.05) is 12.1 Å². The lowest BCUT2D eigenvalue weighted by atomic mass is 10.2. The fraction of sp³-hybridized carbons (Fsp3) is 0.250. The van der Waals surface area contributed by atoms with Gasteiger partial charge < -0.3 is 20.1 Å². The molecule has 0 saturated heterocycles. The van der Waals surface area contributed by atoms with Gasteiger partial charge in [-0.3, -0.25) is 9.59 Å². The molecule has 2 N–H and O–H groups in total. The number of ether oxygens (including phenoxy) is 2. The summed E-state index contributed by atoms with van der Waals surface area (Å²) in [6, 6.07) is 13.2. The van der Waals surface area contributed by atoms with E-state index < -0.39 is 5.97 Å². The van der Waals surface area contributed by atoms with Crippen molar-refractivity contribution in [1.82, 2.24) is 5.32 Å². The third-order valence-electron chi connectivity index (χ3n) is 3.63. The predicted molar refractivity (Wildman–Crippen MR) is 101 cm³/mol. The van der Waals surface area contributed by atoms with E-state index in [0.29, 0.717) is 22.6 Å². The number of hydrogen-bond donors (Lipinski definition) is 2. The van der Waals surface area contributed by atoms with Crippen molar-refractivity contribution < 1.29 is 23.9 Å². The highest BCUT2D eigenvalue weighted by Crippen LogP contribution is 2.13. The first kappa shape index (κ1) is 20.0. The standard InChI is InChI=1S/C20H22N2O5/c1-3-27-20(25)15-7-4-8-16(12-15)22-18(23)10-11-21-19(24)14-6-5-9-17(13-14)26-2/h4-9,12-13H,3,10-11H2,1-2H3,(H,21,24)(H,22,23). The fourth-order valence-electron chi connectivity index (χ4n) is 2.32. The summed E-state index contributed by atoms with van der Waals surface area (Å²) in [5.74, 6) is -0.422. The Bertz CT molecular complexity index is 820. The molecular formula is C20H22N2O5. The Balaban J connectivity index is 1.83. The van der Waals surface area contributed by atoms with Crippen LogP contribution in [-0.4, -0.2) is 38.0 Å². The summed E-state index contributed by atoms with van der Waals surface area (Å²) in [4.78, 5) is 35.8. The van der Waals surface area contributed by atoms with Crippen LogP contribution >= 0.6 is 0 Å². The maximum atomic E-state index is 12.1. The highest BCUT2D eigenvalue weighted by molar-refractivity contribution is 5.96. The van der Waals surface area contributed by atoms with Crippen LogP contribution in [0.2, 0.25) is 0 Å². The van der Waals surface area contributed by atoms with E-state index in [4.69, 9.17) is 9.47 Å². The lowest BCUT2D eigenvalue weighted by Crippen LogP contribution is -2.27. The van der Waals surface area contributed by atoms with Crippen molar-refractivity contribution >= 4 is 23.5 Å². The molecule has 2 aromatic rings. The molecule has 0 bridgehead atoms. The van der Waals surface area contributed by atoms with Crippen LogP contribution < -0.4 is 15.4 Å². The number of anilines is 1. The van der Waals surface area contributed by atoms with Gasteiger partial charge in [0.05, 0.1) is 19.3 Å². The van der Waals surface area contributed by atoms with Gasteiger partial charge in [0.15, 0.2) is 0 Å². The van der Waals surface area contributed by atoms with Crippen molar-refractivity contribution in [2.75, 3.05) is 25.6 Å². The maximum absolute atomic E-state index is 12.1. The molecule has 27 heavy (non-hydrogen) atoms. The zero-order valence-corrected chi connectivity index (χ0v) is 15.3. The van der Waals surface area contributed by atoms with Crippen LogP contribution in [0.15, 0.2) is 48.5 Å². The number of rotatable bonds is 8. The molecule has 0 aromatic heterocycles. The molecule has 0 unspecified atom stereocenters. The molecule has 7 heteroatoms. The molecule has 0 saturated carbocycles. The predicted octanol–water partition coefficient (Wildman–Crippen LogP) is 2.63. The van der Waals surface area contributed by atoms with Gasteiger partial charge in [-0.2, -0.15) is 0 Å². The molecule has 2 aromatic carbocycles. The van der Waals surface area contributed by atoms with E-state index in [9.17, 15) is 14.4 Å². The highest BCUT2D eigenvalue weighted by Gasteiger charge is 2.10. The van der Waals surface area contributed by atoms with E-state index in [2.05, 4.69) is 10.6 Å². The zero-order chi connectivity index (χ0) is 19.6. The second-order valence-corrected chi connectivity index (χ2v) is 5.59. The minimum atomic E-state index is -0.445. The van der Waals surface area contributed by atoms with Crippen LogP contribution in [0.5, 0.6) is 5.75 Å². The van der Waals surface area contributed by atoms with Crippen molar-refractivity contribution in [2.45, 2.75) is 13.3 Å². The van der Waals surface area contributed by atoms with E-state index in [1.807, 2.05) is 0 Å². The fourth-order valence-corrected chi connectivity index (χ4v) is 2.32. The quantitative estimate of drug-likeness (QED) is 0.697. The highest BCUT2D eigenvalue weighted by atomic mass is 16.5. The third-order valence-corrected chi connectivity index (χ3v) is 3.63. The van der Waals surface area contributed by atoms with Crippen LogP contribution in [0, 0.1) is 0 Å². The van der Waals surface area contributed by atoms with Gasteiger partial charge >= 0.3 is 5.97 Å². The molecule has 0 fully saturated rings. The number of carbonyl (C=O) groups excluding carboxylic acids is 3. The number of hydrogen-bond acceptors (Lipinski definition) is 5. The lowest BCUT2D eigenvalue weighted by molar-refractivity contribution is -0.116. The van der Waals surface area contributed by atoms with Gasteiger partial charge in [0, 0.05) is 24.2 Å². The van der Waals surface area contributed by atoms with Crippen LogP contribution in [0.4, 0.5) is 5.69 Å².